The van der Waals surface area contributed by atoms with Crippen molar-refractivity contribution in [3.8, 4) is 50.2 Å². The predicted octanol–water partition coefficient (Wildman–Crippen LogP) is 16.8. The van der Waals surface area contributed by atoms with Crippen molar-refractivity contribution in [2.75, 3.05) is 4.90 Å². The number of fused-ring (bicyclic) bond motifs is 6. The number of aromatic nitrogens is 1. The van der Waals surface area contributed by atoms with Crippen molar-refractivity contribution in [1.82, 2.24) is 4.57 Å². The second-order valence-corrected chi connectivity index (χ2v) is 16.1. The van der Waals surface area contributed by atoms with Crippen molar-refractivity contribution in [2.45, 2.75) is 0 Å². The maximum atomic E-state index is 6.25. The normalized spacial score (nSPS) is 11.5. The number of furan rings is 1. The highest BCUT2D eigenvalue weighted by Gasteiger charge is 2.19. The lowest BCUT2D eigenvalue weighted by molar-refractivity contribution is 0.669. The summed E-state index contributed by atoms with van der Waals surface area (Å²) in [6.45, 7) is 0. The molecule has 0 atom stereocenters. The minimum atomic E-state index is 0.902. The van der Waals surface area contributed by atoms with Crippen LogP contribution in [0.1, 0.15) is 0 Å². The van der Waals surface area contributed by atoms with E-state index in [4.69, 9.17) is 4.42 Å². The van der Waals surface area contributed by atoms with E-state index in [1.807, 2.05) is 12.1 Å². The van der Waals surface area contributed by atoms with Gasteiger partial charge in [-0.05, 0) is 112 Å². The van der Waals surface area contributed by atoms with E-state index in [2.05, 4.69) is 240 Å². The lowest BCUT2D eigenvalue weighted by Crippen LogP contribution is -2.11. The largest absolute Gasteiger partial charge is 0.456 e. The molecule has 0 bridgehead atoms. The van der Waals surface area contributed by atoms with Gasteiger partial charge in [0.05, 0.1) is 16.7 Å². The van der Waals surface area contributed by atoms with E-state index in [0.29, 0.717) is 0 Å². The Labute approximate surface area is 366 Å². The van der Waals surface area contributed by atoms with Gasteiger partial charge in [0.25, 0.3) is 0 Å². The monoisotopic (exact) mass is 804 g/mol. The molecule has 0 saturated carbocycles. The number of nitrogens with zero attached hydrogens (tertiary/aromatic N) is 2. The van der Waals surface area contributed by atoms with Gasteiger partial charge in [-0.15, -0.1) is 0 Å². The van der Waals surface area contributed by atoms with Crippen LogP contribution in [0.5, 0.6) is 0 Å². The van der Waals surface area contributed by atoms with Gasteiger partial charge in [-0.25, -0.2) is 0 Å². The fraction of sp³-hybridized carbons (Fsp3) is 0. The highest BCUT2D eigenvalue weighted by molar-refractivity contribution is 6.12. The minimum Gasteiger partial charge on any atom is -0.456 e. The first-order chi connectivity index (χ1) is 31.2. The molecule has 0 amide bonds. The fourth-order valence-corrected chi connectivity index (χ4v) is 9.45. The van der Waals surface area contributed by atoms with Crippen LogP contribution in [0, 0.1) is 0 Å². The number of para-hydroxylation sites is 4. The van der Waals surface area contributed by atoms with Crippen molar-refractivity contribution in [1.29, 1.82) is 0 Å². The maximum absolute atomic E-state index is 6.25. The lowest BCUT2D eigenvalue weighted by Gasteiger charge is -2.28. The molecule has 0 radical (unpaired) electrons. The van der Waals surface area contributed by atoms with Crippen LogP contribution in [-0.4, -0.2) is 4.57 Å². The number of benzene rings is 10. The Morgan fingerprint density at radius 1 is 0.317 bits per heavy atom. The molecule has 3 heteroatoms. The molecule has 0 fully saturated rings. The molecule has 12 rings (SSSR count). The van der Waals surface area contributed by atoms with Crippen LogP contribution in [-0.2, 0) is 0 Å². The summed E-state index contributed by atoms with van der Waals surface area (Å²) in [6.07, 6.45) is 0. The van der Waals surface area contributed by atoms with E-state index in [1.165, 1.54) is 38.5 Å². The van der Waals surface area contributed by atoms with Gasteiger partial charge in [0.15, 0.2) is 0 Å². The van der Waals surface area contributed by atoms with E-state index >= 15 is 0 Å². The minimum absolute atomic E-state index is 0.902. The van der Waals surface area contributed by atoms with Crippen LogP contribution in [0.25, 0.3) is 93.9 Å². The quantitative estimate of drug-likeness (QED) is 0.153. The SMILES string of the molecule is c1ccc(-c2ccc(-c3ccccc3N(c3ccc(-c4cccc(-c5cccc6oc7ccccc7c56)c4)cc3)c3ccc(-n4c5ccccc5c5ccccc54)cc3)cc2)cc1. The summed E-state index contributed by atoms with van der Waals surface area (Å²) in [4.78, 5) is 2.39. The van der Waals surface area contributed by atoms with Gasteiger partial charge in [0.2, 0.25) is 0 Å². The molecule has 0 unspecified atom stereocenters. The van der Waals surface area contributed by atoms with Crippen molar-refractivity contribution < 1.29 is 4.42 Å². The first-order valence-corrected chi connectivity index (χ1v) is 21.5. The molecule has 296 valence electrons. The summed E-state index contributed by atoms with van der Waals surface area (Å²) in [5.74, 6) is 0. The van der Waals surface area contributed by atoms with Gasteiger partial charge in [-0.2, -0.15) is 0 Å². The van der Waals surface area contributed by atoms with E-state index in [-0.39, 0.29) is 0 Å². The van der Waals surface area contributed by atoms with E-state index in [0.717, 1.165) is 72.5 Å². The molecule has 0 aliphatic rings. The lowest BCUT2D eigenvalue weighted by atomic mass is 9.95. The van der Waals surface area contributed by atoms with Crippen LogP contribution < -0.4 is 4.90 Å². The zero-order valence-electron chi connectivity index (χ0n) is 34.4. The molecular formula is C60H40N2O. The van der Waals surface area contributed by atoms with Gasteiger partial charge in [0, 0.05) is 44.2 Å². The van der Waals surface area contributed by atoms with Crippen molar-refractivity contribution >= 4 is 60.8 Å². The fourth-order valence-electron chi connectivity index (χ4n) is 9.45. The summed E-state index contributed by atoms with van der Waals surface area (Å²) >= 11 is 0. The summed E-state index contributed by atoms with van der Waals surface area (Å²) in [5.41, 5.74) is 17.9. The zero-order chi connectivity index (χ0) is 41.7. The molecule has 0 N–H and O–H groups in total. The van der Waals surface area contributed by atoms with Crippen LogP contribution in [0.15, 0.2) is 247 Å². The third-order valence-electron chi connectivity index (χ3n) is 12.4. The van der Waals surface area contributed by atoms with Gasteiger partial charge >= 0.3 is 0 Å². The van der Waals surface area contributed by atoms with Crippen molar-refractivity contribution in [2.24, 2.45) is 0 Å². The number of hydrogen-bond acceptors (Lipinski definition) is 2. The Bertz CT molecular complexity index is 3550. The van der Waals surface area contributed by atoms with Gasteiger partial charge in [-0.3, -0.25) is 0 Å². The Hall–Kier alpha value is -8.40. The Morgan fingerprint density at radius 3 is 1.56 bits per heavy atom. The van der Waals surface area contributed by atoms with E-state index in [9.17, 15) is 0 Å². The first-order valence-electron chi connectivity index (χ1n) is 21.5. The predicted molar refractivity (Wildman–Crippen MR) is 264 cm³/mol. The number of hydrogen-bond donors (Lipinski definition) is 0. The Morgan fingerprint density at radius 2 is 0.810 bits per heavy atom. The van der Waals surface area contributed by atoms with E-state index < -0.39 is 0 Å². The van der Waals surface area contributed by atoms with E-state index in [1.54, 1.807) is 0 Å². The molecule has 0 spiro atoms. The van der Waals surface area contributed by atoms with Gasteiger partial charge in [0.1, 0.15) is 11.2 Å². The highest BCUT2D eigenvalue weighted by Crippen LogP contribution is 2.43. The second-order valence-electron chi connectivity index (χ2n) is 16.1. The van der Waals surface area contributed by atoms with Crippen LogP contribution >= 0.6 is 0 Å². The molecule has 0 aliphatic carbocycles. The average molecular weight is 805 g/mol. The average Bonchev–Trinajstić information content (AvgIpc) is 3.91. The first kappa shape index (κ1) is 36.5. The number of rotatable bonds is 8. The zero-order valence-corrected chi connectivity index (χ0v) is 34.4. The Kier molecular flexibility index (Phi) is 8.83. The summed E-state index contributed by atoms with van der Waals surface area (Å²) in [6, 6.07) is 87.1. The molecule has 2 aromatic heterocycles. The van der Waals surface area contributed by atoms with Crippen LogP contribution in [0.3, 0.4) is 0 Å². The van der Waals surface area contributed by atoms with Crippen molar-refractivity contribution in [3.63, 3.8) is 0 Å². The smallest absolute Gasteiger partial charge is 0.136 e. The molecule has 10 aromatic carbocycles. The van der Waals surface area contributed by atoms with Crippen LogP contribution in [0.4, 0.5) is 17.1 Å². The molecule has 63 heavy (non-hydrogen) atoms. The summed E-state index contributed by atoms with van der Waals surface area (Å²) < 4.78 is 8.63. The molecule has 0 aliphatic heterocycles. The molecule has 0 saturated heterocycles. The maximum Gasteiger partial charge on any atom is 0.136 e. The van der Waals surface area contributed by atoms with Gasteiger partial charge < -0.3 is 13.9 Å². The molecule has 3 nitrogen and oxygen atoms in total. The van der Waals surface area contributed by atoms with Crippen LogP contribution in [0.2, 0.25) is 0 Å². The van der Waals surface area contributed by atoms with Gasteiger partial charge in [-0.1, -0.05) is 170 Å². The summed E-state index contributed by atoms with van der Waals surface area (Å²) in [7, 11) is 0. The standard InChI is InChI=1S/C60H40N2O/c1-2-14-41(15-3-1)42-28-30-44(31-29-42)50-18-4-8-23-55(50)61(48-36-38-49(39-37-48)62-56-24-9-5-19-52(56)53-20-6-10-25-57(53)62)47-34-32-43(33-35-47)45-16-12-17-46(40-45)51-22-13-27-59-60(51)54-21-7-11-26-58(54)63-59/h1-40H. The molecule has 2 heterocycles. The molecule has 12 aromatic rings. The summed E-state index contributed by atoms with van der Waals surface area (Å²) in [5, 5.41) is 4.79. The third kappa shape index (κ3) is 6.38. The second kappa shape index (κ2) is 15.3. The van der Waals surface area contributed by atoms with Crippen molar-refractivity contribution in [3.05, 3.63) is 243 Å². The Balaban J connectivity index is 0.958. The number of anilines is 3. The third-order valence-corrected chi connectivity index (χ3v) is 12.4. The molecular weight excluding hydrogens is 765 g/mol. The highest BCUT2D eigenvalue weighted by atomic mass is 16.3. The topological polar surface area (TPSA) is 21.3 Å².